The van der Waals surface area contributed by atoms with Crippen LogP contribution in [0, 0.1) is 6.92 Å². The zero-order chi connectivity index (χ0) is 17.1. The third-order valence-corrected chi connectivity index (χ3v) is 4.53. The molecule has 5 nitrogen and oxygen atoms in total. The highest BCUT2D eigenvalue weighted by molar-refractivity contribution is 5.59. The van der Waals surface area contributed by atoms with Gasteiger partial charge in [0.25, 0.3) is 0 Å². The number of halogens is 2. The highest BCUT2D eigenvalue weighted by atomic mass is 19.3. The first-order valence-corrected chi connectivity index (χ1v) is 8.04. The average molecular weight is 336 g/mol. The van der Waals surface area contributed by atoms with Gasteiger partial charge < -0.3 is 15.0 Å². The van der Waals surface area contributed by atoms with Crippen LogP contribution in [0.25, 0.3) is 0 Å². The lowest BCUT2D eigenvalue weighted by Crippen LogP contribution is -2.32. The number of hydrogen-bond acceptors (Lipinski definition) is 4. The van der Waals surface area contributed by atoms with E-state index in [4.69, 9.17) is 0 Å². The molecule has 1 aliphatic heterocycles. The van der Waals surface area contributed by atoms with E-state index in [0.717, 1.165) is 37.4 Å². The Labute approximate surface area is 140 Å². The van der Waals surface area contributed by atoms with Gasteiger partial charge in [-0.25, -0.2) is 0 Å². The van der Waals surface area contributed by atoms with Crippen molar-refractivity contribution >= 4 is 5.69 Å². The van der Waals surface area contributed by atoms with E-state index in [1.54, 1.807) is 12.1 Å². The summed E-state index contributed by atoms with van der Waals surface area (Å²) in [4.78, 5) is 2.09. The second kappa shape index (κ2) is 7.17. The first-order chi connectivity index (χ1) is 11.5. The van der Waals surface area contributed by atoms with E-state index >= 15 is 0 Å². The number of para-hydroxylation sites is 2. The normalized spacial score (nSPS) is 17.7. The molecule has 130 valence electrons. The van der Waals surface area contributed by atoms with Crippen LogP contribution in [0.1, 0.15) is 17.7 Å². The fourth-order valence-corrected chi connectivity index (χ4v) is 3.03. The summed E-state index contributed by atoms with van der Waals surface area (Å²) in [5, 5.41) is 7.77. The predicted molar refractivity (Wildman–Crippen MR) is 88.5 cm³/mol. The van der Waals surface area contributed by atoms with Gasteiger partial charge in [-0.05, 0) is 25.5 Å². The van der Waals surface area contributed by atoms with Crippen molar-refractivity contribution in [3.63, 3.8) is 0 Å². The smallest absolute Gasteiger partial charge is 0.387 e. The van der Waals surface area contributed by atoms with Gasteiger partial charge in [0.1, 0.15) is 5.75 Å². The van der Waals surface area contributed by atoms with Crippen molar-refractivity contribution in [1.29, 1.82) is 0 Å². The molecule has 7 heteroatoms. The molecule has 0 unspecified atom stereocenters. The van der Waals surface area contributed by atoms with Gasteiger partial charge in [0.05, 0.1) is 11.9 Å². The lowest BCUT2D eigenvalue weighted by Gasteiger charge is -2.22. The second-order valence-corrected chi connectivity index (χ2v) is 6.04. The number of nitrogens with zero attached hydrogens (tertiary/aromatic N) is 3. The van der Waals surface area contributed by atoms with E-state index < -0.39 is 6.61 Å². The molecular weight excluding hydrogens is 314 g/mol. The van der Waals surface area contributed by atoms with E-state index in [1.165, 1.54) is 5.56 Å². The zero-order valence-electron chi connectivity index (χ0n) is 13.9. The van der Waals surface area contributed by atoms with Crippen molar-refractivity contribution in [2.24, 2.45) is 7.05 Å². The van der Waals surface area contributed by atoms with E-state index in [9.17, 15) is 8.78 Å². The largest absolute Gasteiger partial charge is 0.433 e. The molecule has 1 saturated heterocycles. The minimum Gasteiger partial charge on any atom is -0.433 e. The molecular formula is C17H22F2N4O. The topological polar surface area (TPSA) is 42.3 Å². The Hall–Kier alpha value is -2.15. The minimum absolute atomic E-state index is 0.233. The fraction of sp³-hybridized carbons (Fsp3) is 0.471. The molecule has 1 aromatic heterocycles. The number of alkyl halides is 2. The fourth-order valence-electron chi connectivity index (χ4n) is 3.03. The number of hydrogen-bond donors (Lipinski definition) is 1. The van der Waals surface area contributed by atoms with Crippen LogP contribution < -0.4 is 15.0 Å². The van der Waals surface area contributed by atoms with Crippen molar-refractivity contribution in [3.05, 3.63) is 41.7 Å². The molecule has 2 heterocycles. The summed E-state index contributed by atoms with van der Waals surface area (Å²) >= 11 is 0. The Morgan fingerprint density at radius 3 is 2.88 bits per heavy atom. The van der Waals surface area contributed by atoms with Gasteiger partial charge in [-0.15, -0.1) is 0 Å². The number of ether oxygens (including phenoxy) is 1. The van der Waals surface area contributed by atoms with E-state index in [2.05, 4.69) is 20.1 Å². The Morgan fingerprint density at radius 2 is 2.17 bits per heavy atom. The summed E-state index contributed by atoms with van der Waals surface area (Å²) in [6.07, 6.45) is 2.84. The van der Waals surface area contributed by atoms with E-state index in [0.29, 0.717) is 6.04 Å². The molecule has 1 fully saturated rings. The number of rotatable bonds is 6. The van der Waals surface area contributed by atoms with E-state index in [-0.39, 0.29) is 5.75 Å². The van der Waals surface area contributed by atoms with Crippen molar-refractivity contribution < 1.29 is 13.5 Å². The SMILES string of the molecule is Cc1c(CN[C@@H]2CCN(c3ccccc3OC(F)F)C2)cnn1C. The Kier molecular flexibility index (Phi) is 4.99. The van der Waals surface area contributed by atoms with Crippen molar-refractivity contribution in [2.75, 3.05) is 18.0 Å². The molecule has 2 aromatic rings. The average Bonchev–Trinajstić information content (AvgIpc) is 3.14. The zero-order valence-corrected chi connectivity index (χ0v) is 13.9. The molecule has 1 atom stereocenters. The number of benzene rings is 1. The van der Waals surface area contributed by atoms with Crippen LogP contribution in [0.5, 0.6) is 5.75 Å². The van der Waals surface area contributed by atoms with Crippen molar-refractivity contribution in [1.82, 2.24) is 15.1 Å². The van der Waals surface area contributed by atoms with Crippen LogP contribution in [0.2, 0.25) is 0 Å². The summed E-state index contributed by atoms with van der Waals surface area (Å²) in [5.41, 5.74) is 3.05. The molecule has 1 aliphatic rings. The molecule has 0 spiro atoms. The first-order valence-electron chi connectivity index (χ1n) is 8.04. The van der Waals surface area contributed by atoms with Gasteiger partial charge in [0.2, 0.25) is 0 Å². The maximum atomic E-state index is 12.6. The molecule has 0 aliphatic carbocycles. The lowest BCUT2D eigenvalue weighted by molar-refractivity contribution is -0.0495. The van der Waals surface area contributed by atoms with Crippen molar-refractivity contribution in [3.8, 4) is 5.75 Å². The van der Waals surface area contributed by atoms with Crippen LogP contribution in [-0.2, 0) is 13.6 Å². The summed E-state index contributed by atoms with van der Waals surface area (Å²) < 4.78 is 31.6. The molecule has 1 N–H and O–H groups in total. The minimum atomic E-state index is -2.81. The maximum absolute atomic E-state index is 12.6. The molecule has 1 aromatic carbocycles. The monoisotopic (exact) mass is 336 g/mol. The molecule has 0 bridgehead atoms. The van der Waals surface area contributed by atoms with Crippen LogP contribution >= 0.6 is 0 Å². The molecule has 24 heavy (non-hydrogen) atoms. The van der Waals surface area contributed by atoms with E-state index in [1.807, 2.05) is 37.0 Å². The van der Waals surface area contributed by atoms with Crippen LogP contribution in [0.15, 0.2) is 30.5 Å². The number of nitrogens with one attached hydrogen (secondary N) is 1. The van der Waals surface area contributed by atoms with Crippen LogP contribution in [0.3, 0.4) is 0 Å². The first kappa shape index (κ1) is 16.7. The number of aryl methyl sites for hydroxylation is 1. The molecule has 0 radical (unpaired) electrons. The summed E-state index contributed by atoms with van der Waals surface area (Å²) in [6.45, 7) is 1.57. The quantitative estimate of drug-likeness (QED) is 0.881. The second-order valence-electron chi connectivity index (χ2n) is 6.04. The van der Waals surface area contributed by atoms with Gasteiger partial charge in [-0.2, -0.15) is 13.9 Å². The number of aromatic nitrogens is 2. The van der Waals surface area contributed by atoms with Crippen molar-refractivity contribution in [2.45, 2.75) is 32.5 Å². The van der Waals surface area contributed by atoms with Crippen LogP contribution in [0.4, 0.5) is 14.5 Å². The van der Waals surface area contributed by atoms with Crippen LogP contribution in [-0.4, -0.2) is 35.5 Å². The lowest BCUT2D eigenvalue weighted by atomic mass is 10.2. The summed E-state index contributed by atoms with van der Waals surface area (Å²) in [6, 6.07) is 7.27. The Morgan fingerprint density at radius 1 is 1.38 bits per heavy atom. The standard InChI is InChI=1S/C17H22F2N4O/c1-12-13(10-21-22(12)2)9-20-14-7-8-23(11-14)15-5-3-4-6-16(15)24-17(18)19/h3-6,10,14,17,20H,7-9,11H2,1-2H3/t14-/m1/s1. The van der Waals surface area contributed by atoms with Gasteiger partial charge in [-0.3, -0.25) is 4.68 Å². The summed E-state index contributed by atoms with van der Waals surface area (Å²) in [7, 11) is 1.93. The molecule has 0 amide bonds. The van der Waals surface area contributed by atoms with Gasteiger partial charge in [0, 0.05) is 44.0 Å². The third kappa shape index (κ3) is 3.67. The predicted octanol–water partition coefficient (Wildman–Crippen LogP) is 2.70. The molecule has 3 rings (SSSR count). The van der Waals surface area contributed by atoms with Gasteiger partial charge in [-0.1, -0.05) is 12.1 Å². The third-order valence-electron chi connectivity index (χ3n) is 4.53. The summed E-state index contributed by atoms with van der Waals surface area (Å²) in [5.74, 6) is 0.233. The van der Waals surface area contributed by atoms with Gasteiger partial charge in [0.15, 0.2) is 0 Å². The Balaban J connectivity index is 1.60. The highest BCUT2D eigenvalue weighted by Gasteiger charge is 2.25. The number of anilines is 1. The Bertz CT molecular complexity index is 689. The maximum Gasteiger partial charge on any atom is 0.387 e. The van der Waals surface area contributed by atoms with Gasteiger partial charge >= 0.3 is 6.61 Å². The molecule has 0 saturated carbocycles. The highest BCUT2D eigenvalue weighted by Crippen LogP contribution is 2.31.